The van der Waals surface area contributed by atoms with Gasteiger partial charge < -0.3 is 5.32 Å². The van der Waals surface area contributed by atoms with E-state index in [9.17, 15) is 8.42 Å². The van der Waals surface area contributed by atoms with Gasteiger partial charge in [-0.15, -0.1) is 0 Å². The largest absolute Gasteiger partial charge is 0.313 e. The number of hydrogen-bond acceptors (Lipinski definition) is 5. The van der Waals surface area contributed by atoms with Crippen LogP contribution in [0.15, 0.2) is 35.5 Å². The van der Waals surface area contributed by atoms with Crippen molar-refractivity contribution < 1.29 is 8.42 Å². The summed E-state index contributed by atoms with van der Waals surface area (Å²) in [6, 6.07) is 6.85. The van der Waals surface area contributed by atoms with Gasteiger partial charge in [0.25, 0.3) is 10.0 Å². The van der Waals surface area contributed by atoms with Crippen molar-refractivity contribution in [1.82, 2.24) is 20.1 Å². The van der Waals surface area contributed by atoms with Gasteiger partial charge >= 0.3 is 0 Å². The fourth-order valence-electron chi connectivity index (χ4n) is 1.69. The number of nitrogens with one attached hydrogen (secondary N) is 2. The van der Waals surface area contributed by atoms with Crippen molar-refractivity contribution in [2.75, 3.05) is 11.8 Å². The molecular weight excluding hydrogens is 278 g/mol. The summed E-state index contributed by atoms with van der Waals surface area (Å²) >= 11 is 0. The van der Waals surface area contributed by atoms with Gasteiger partial charge in [0, 0.05) is 13.1 Å². The summed E-state index contributed by atoms with van der Waals surface area (Å²) < 4.78 is 28.4. The minimum absolute atomic E-state index is 0.0694. The molecule has 0 spiro atoms. The van der Waals surface area contributed by atoms with E-state index >= 15 is 0 Å². The summed E-state index contributed by atoms with van der Waals surface area (Å²) in [5.74, 6) is 0.178. The maximum Gasteiger partial charge on any atom is 0.264 e. The van der Waals surface area contributed by atoms with Crippen LogP contribution in [0.1, 0.15) is 18.5 Å². The zero-order valence-electron chi connectivity index (χ0n) is 11.5. The number of benzene rings is 1. The van der Waals surface area contributed by atoms with Gasteiger partial charge in [-0.05, 0) is 31.7 Å². The van der Waals surface area contributed by atoms with Crippen molar-refractivity contribution >= 4 is 16.0 Å². The number of aromatic nitrogens is 3. The molecule has 1 aromatic heterocycles. The van der Waals surface area contributed by atoms with Crippen molar-refractivity contribution in [3.8, 4) is 0 Å². The van der Waals surface area contributed by atoms with E-state index in [2.05, 4.69) is 20.1 Å². The van der Waals surface area contributed by atoms with Gasteiger partial charge in [-0.25, -0.2) is 17.8 Å². The molecular formula is C12H17N5O2S. The van der Waals surface area contributed by atoms with Crippen molar-refractivity contribution in [3.05, 3.63) is 36.2 Å². The maximum absolute atomic E-state index is 12.3. The average molecular weight is 295 g/mol. The van der Waals surface area contributed by atoms with E-state index < -0.39 is 10.0 Å². The summed E-state index contributed by atoms with van der Waals surface area (Å²) in [5.41, 5.74) is 0.897. The summed E-state index contributed by atoms with van der Waals surface area (Å²) in [6.07, 6.45) is 1.29. The highest BCUT2D eigenvalue weighted by Gasteiger charge is 2.17. The molecule has 1 atom stereocenters. The Morgan fingerprint density at radius 1 is 1.35 bits per heavy atom. The van der Waals surface area contributed by atoms with Crippen LogP contribution in [0.2, 0.25) is 0 Å². The van der Waals surface area contributed by atoms with E-state index in [4.69, 9.17) is 0 Å². The number of rotatable bonds is 5. The summed E-state index contributed by atoms with van der Waals surface area (Å²) in [6.45, 7) is 1.96. The van der Waals surface area contributed by atoms with Crippen LogP contribution >= 0.6 is 0 Å². The van der Waals surface area contributed by atoms with Crippen LogP contribution in [0.5, 0.6) is 0 Å². The van der Waals surface area contributed by atoms with Gasteiger partial charge in [-0.3, -0.25) is 0 Å². The Bertz CT molecular complexity index is 695. The summed E-state index contributed by atoms with van der Waals surface area (Å²) in [7, 11) is -0.233. The van der Waals surface area contributed by atoms with E-state index in [1.54, 1.807) is 25.2 Å². The van der Waals surface area contributed by atoms with Crippen molar-refractivity contribution in [2.24, 2.45) is 7.05 Å². The summed E-state index contributed by atoms with van der Waals surface area (Å²) in [5, 5.41) is 6.89. The fraction of sp³-hybridized carbons (Fsp3) is 0.333. The van der Waals surface area contributed by atoms with Gasteiger partial charge in [0.1, 0.15) is 6.33 Å². The molecule has 8 heteroatoms. The molecule has 0 amide bonds. The molecule has 0 fully saturated rings. The number of hydrogen-bond donors (Lipinski definition) is 2. The van der Waals surface area contributed by atoms with Crippen molar-refractivity contribution in [1.29, 1.82) is 0 Å². The molecule has 0 saturated carbocycles. The molecule has 1 unspecified atom stereocenters. The third-order valence-corrected chi connectivity index (χ3v) is 4.36. The van der Waals surface area contributed by atoms with Gasteiger partial charge in [-0.1, -0.05) is 12.1 Å². The lowest BCUT2D eigenvalue weighted by Gasteiger charge is -2.12. The molecule has 2 N–H and O–H groups in total. The Morgan fingerprint density at radius 3 is 2.70 bits per heavy atom. The molecule has 1 aromatic carbocycles. The molecule has 0 aliphatic rings. The van der Waals surface area contributed by atoms with Crippen molar-refractivity contribution in [2.45, 2.75) is 17.9 Å². The highest BCUT2D eigenvalue weighted by Crippen LogP contribution is 2.19. The first-order valence-corrected chi connectivity index (χ1v) is 7.56. The van der Waals surface area contributed by atoms with Crippen LogP contribution in [0.3, 0.4) is 0 Å². The number of anilines is 1. The van der Waals surface area contributed by atoms with Crippen LogP contribution in [-0.2, 0) is 17.1 Å². The minimum Gasteiger partial charge on any atom is -0.313 e. The molecule has 0 bridgehead atoms. The third-order valence-electron chi connectivity index (χ3n) is 3.04. The predicted molar refractivity (Wildman–Crippen MR) is 75.7 cm³/mol. The first-order valence-electron chi connectivity index (χ1n) is 6.08. The highest BCUT2D eigenvalue weighted by molar-refractivity contribution is 7.92. The SMILES string of the molecule is CNC(C)c1cccc(S(=O)(=O)Nc2ncnn2C)c1. The third kappa shape index (κ3) is 2.97. The lowest BCUT2D eigenvalue weighted by molar-refractivity contribution is 0.599. The van der Waals surface area contributed by atoms with E-state index in [1.165, 1.54) is 11.0 Å². The van der Waals surface area contributed by atoms with Crippen LogP contribution in [0, 0.1) is 0 Å². The minimum atomic E-state index is -3.67. The van der Waals surface area contributed by atoms with Gasteiger partial charge in [-0.2, -0.15) is 10.1 Å². The van der Waals surface area contributed by atoms with E-state index in [0.717, 1.165) is 5.56 Å². The van der Waals surface area contributed by atoms with Crippen LogP contribution in [-0.4, -0.2) is 30.2 Å². The first-order chi connectivity index (χ1) is 9.44. The number of nitrogens with zero attached hydrogens (tertiary/aromatic N) is 3. The van der Waals surface area contributed by atoms with Gasteiger partial charge in [0.15, 0.2) is 0 Å². The predicted octanol–water partition coefficient (Wildman–Crippen LogP) is 0.896. The Morgan fingerprint density at radius 2 is 2.10 bits per heavy atom. The van der Waals surface area contributed by atoms with Gasteiger partial charge in [0.05, 0.1) is 4.90 Å². The second-order valence-electron chi connectivity index (χ2n) is 4.40. The second kappa shape index (κ2) is 5.59. The normalized spacial score (nSPS) is 13.2. The molecule has 0 radical (unpaired) electrons. The second-order valence-corrected chi connectivity index (χ2v) is 6.08. The highest BCUT2D eigenvalue weighted by atomic mass is 32.2. The lowest BCUT2D eigenvalue weighted by atomic mass is 10.1. The molecule has 108 valence electrons. The molecule has 2 rings (SSSR count). The first kappa shape index (κ1) is 14.5. The lowest BCUT2D eigenvalue weighted by Crippen LogP contribution is -2.17. The van der Waals surface area contributed by atoms with Gasteiger partial charge in [0.2, 0.25) is 5.95 Å². The van der Waals surface area contributed by atoms with Crippen LogP contribution in [0.25, 0.3) is 0 Å². The Labute approximate surface area is 118 Å². The molecule has 1 heterocycles. The molecule has 7 nitrogen and oxygen atoms in total. The average Bonchev–Trinajstić information content (AvgIpc) is 2.83. The quantitative estimate of drug-likeness (QED) is 0.855. The molecule has 0 saturated heterocycles. The maximum atomic E-state index is 12.3. The van der Waals surface area contributed by atoms with Crippen LogP contribution in [0.4, 0.5) is 5.95 Å². The number of aryl methyl sites for hydroxylation is 1. The topological polar surface area (TPSA) is 88.9 Å². The molecule has 0 aliphatic heterocycles. The zero-order chi connectivity index (χ0) is 14.8. The molecule has 2 aromatic rings. The van der Waals surface area contributed by atoms with E-state index in [-0.39, 0.29) is 16.9 Å². The Hall–Kier alpha value is -1.93. The smallest absolute Gasteiger partial charge is 0.264 e. The van der Waals surface area contributed by atoms with Crippen molar-refractivity contribution in [3.63, 3.8) is 0 Å². The fourth-order valence-corrected chi connectivity index (χ4v) is 2.78. The monoisotopic (exact) mass is 295 g/mol. The number of sulfonamides is 1. The van der Waals surface area contributed by atoms with E-state index in [0.29, 0.717) is 0 Å². The zero-order valence-corrected chi connectivity index (χ0v) is 12.3. The molecule has 20 heavy (non-hydrogen) atoms. The Balaban J connectivity index is 2.32. The summed E-state index contributed by atoms with van der Waals surface area (Å²) in [4.78, 5) is 4.04. The van der Waals surface area contributed by atoms with E-state index in [1.807, 2.05) is 20.0 Å². The molecule has 0 aliphatic carbocycles. The standard InChI is InChI=1S/C12H17N5O2S/c1-9(13-2)10-5-4-6-11(7-10)20(18,19)16-12-14-8-15-17(12)3/h4-9,13H,1-3H3,(H,14,15,16). The van der Waals surface area contributed by atoms with Crippen LogP contribution < -0.4 is 10.0 Å². The Kier molecular flexibility index (Phi) is 4.05.